The minimum Gasteiger partial charge on any atom is -0.497 e. The van der Waals surface area contributed by atoms with E-state index in [0.717, 1.165) is 36.5 Å². The normalized spacial score (nSPS) is 14.6. The van der Waals surface area contributed by atoms with Crippen molar-refractivity contribution in [2.45, 2.75) is 32.1 Å². The lowest BCUT2D eigenvalue weighted by molar-refractivity contribution is 0.0954. The smallest absolute Gasteiger partial charge is 0.252 e. The molecule has 1 amide bonds. The summed E-state index contributed by atoms with van der Waals surface area (Å²) in [7, 11) is 1.66. The summed E-state index contributed by atoms with van der Waals surface area (Å²) in [5.41, 5.74) is 2.81. The molecule has 0 radical (unpaired) electrons. The van der Waals surface area contributed by atoms with Crippen molar-refractivity contribution in [1.82, 2.24) is 10.3 Å². The number of hydrogen-bond acceptors (Lipinski definition) is 4. The molecular weight excluding hydrogens is 326 g/mol. The van der Waals surface area contributed by atoms with Crippen LogP contribution in [0, 0.1) is 0 Å². The largest absolute Gasteiger partial charge is 0.497 e. The van der Waals surface area contributed by atoms with E-state index in [4.69, 9.17) is 4.74 Å². The molecule has 1 aromatic carbocycles. The van der Waals surface area contributed by atoms with E-state index in [9.17, 15) is 4.79 Å². The number of hydrogen-bond donors (Lipinski definition) is 1. The maximum atomic E-state index is 12.5. The van der Waals surface area contributed by atoms with Crippen LogP contribution in [0.3, 0.4) is 0 Å². The second-order valence-corrected chi connectivity index (χ2v) is 6.69. The molecule has 0 spiro atoms. The molecule has 0 unspecified atom stereocenters. The highest BCUT2D eigenvalue weighted by Gasteiger charge is 2.13. The summed E-state index contributed by atoms with van der Waals surface area (Å²) in [5.74, 6) is 0.764. The van der Waals surface area contributed by atoms with Gasteiger partial charge in [0.05, 0.1) is 24.6 Å². The Bertz CT molecular complexity index is 725. The molecule has 26 heavy (non-hydrogen) atoms. The third-order valence-corrected chi connectivity index (χ3v) is 4.79. The number of aromatic nitrogens is 1. The molecule has 5 nitrogen and oxygen atoms in total. The van der Waals surface area contributed by atoms with Crippen molar-refractivity contribution in [2.24, 2.45) is 0 Å². The highest BCUT2D eigenvalue weighted by atomic mass is 16.5. The fourth-order valence-electron chi connectivity index (χ4n) is 3.30. The lowest BCUT2D eigenvalue weighted by Gasteiger charge is -2.22. The zero-order chi connectivity index (χ0) is 18.2. The van der Waals surface area contributed by atoms with Crippen molar-refractivity contribution >= 4 is 11.6 Å². The highest BCUT2D eigenvalue weighted by Crippen LogP contribution is 2.19. The van der Waals surface area contributed by atoms with Crippen LogP contribution in [-0.2, 0) is 6.42 Å². The first-order valence-electron chi connectivity index (χ1n) is 9.37. The zero-order valence-electron chi connectivity index (χ0n) is 15.4. The van der Waals surface area contributed by atoms with Gasteiger partial charge in [-0.1, -0.05) is 25.0 Å². The predicted octanol–water partition coefficient (Wildman–Crippen LogP) is 3.44. The van der Waals surface area contributed by atoms with Gasteiger partial charge in [-0.15, -0.1) is 0 Å². The van der Waals surface area contributed by atoms with E-state index in [1.807, 2.05) is 36.5 Å². The van der Waals surface area contributed by atoms with E-state index in [-0.39, 0.29) is 5.91 Å². The lowest BCUT2D eigenvalue weighted by Crippen LogP contribution is -2.27. The quantitative estimate of drug-likeness (QED) is 0.864. The first-order chi connectivity index (χ1) is 12.8. The predicted molar refractivity (Wildman–Crippen MR) is 104 cm³/mol. The number of carbonyl (C=O) groups is 1. The van der Waals surface area contributed by atoms with Gasteiger partial charge in [-0.3, -0.25) is 9.78 Å². The number of ether oxygens (including phenoxy) is 1. The van der Waals surface area contributed by atoms with Gasteiger partial charge in [0.2, 0.25) is 0 Å². The zero-order valence-corrected chi connectivity index (χ0v) is 15.4. The Balaban J connectivity index is 1.56. The molecular formula is C21H27N3O2. The number of rotatable bonds is 6. The summed E-state index contributed by atoms with van der Waals surface area (Å²) in [6, 6.07) is 9.87. The average molecular weight is 353 g/mol. The van der Waals surface area contributed by atoms with E-state index in [2.05, 4.69) is 15.2 Å². The Kier molecular flexibility index (Phi) is 6.47. The van der Waals surface area contributed by atoms with Gasteiger partial charge in [0.25, 0.3) is 5.91 Å². The van der Waals surface area contributed by atoms with E-state index in [1.165, 1.54) is 25.7 Å². The Morgan fingerprint density at radius 2 is 1.96 bits per heavy atom. The van der Waals surface area contributed by atoms with Crippen LogP contribution in [0.5, 0.6) is 5.75 Å². The number of amides is 1. The molecule has 3 rings (SSSR count). The second kappa shape index (κ2) is 9.22. The molecule has 2 aromatic rings. The van der Waals surface area contributed by atoms with Crippen LogP contribution in [0.15, 0.2) is 42.7 Å². The fraction of sp³-hybridized carbons (Fsp3) is 0.429. The number of nitrogens with zero attached hydrogens (tertiary/aromatic N) is 2. The maximum absolute atomic E-state index is 12.5. The van der Waals surface area contributed by atoms with Crippen LogP contribution in [0.4, 0.5) is 5.69 Å². The van der Waals surface area contributed by atoms with Crippen molar-refractivity contribution in [2.75, 3.05) is 31.6 Å². The van der Waals surface area contributed by atoms with Crippen LogP contribution in [0.2, 0.25) is 0 Å². The number of anilines is 1. The minimum atomic E-state index is -0.0722. The Hall–Kier alpha value is -2.56. The molecule has 0 bridgehead atoms. The summed E-state index contributed by atoms with van der Waals surface area (Å²) >= 11 is 0. The molecule has 0 atom stereocenters. The number of methoxy groups -OCH3 is 1. The summed E-state index contributed by atoms with van der Waals surface area (Å²) in [6.07, 6.45) is 9.25. The van der Waals surface area contributed by atoms with Crippen LogP contribution in [0.1, 0.15) is 41.6 Å². The van der Waals surface area contributed by atoms with Crippen molar-refractivity contribution in [3.8, 4) is 5.75 Å². The van der Waals surface area contributed by atoms with E-state index in [0.29, 0.717) is 12.1 Å². The maximum Gasteiger partial charge on any atom is 0.252 e. The number of benzene rings is 1. The second-order valence-electron chi connectivity index (χ2n) is 6.69. The number of carbonyl (C=O) groups excluding carboxylic acids is 1. The third-order valence-electron chi connectivity index (χ3n) is 4.79. The van der Waals surface area contributed by atoms with Gasteiger partial charge in [0, 0.05) is 25.8 Å². The van der Waals surface area contributed by atoms with Gasteiger partial charge < -0.3 is 15.0 Å². The third kappa shape index (κ3) is 4.97. The van der Waals surface area contributed by atoms with Crippen molar-refractivity contribution in [3.63, 3.8) is 0 Å². The molecule has 1 saturated heterocycles. The molecule has 1 N–H and O–H groups in total. The average Bonchev–Trinajstić information content (AvgIpc) is 2.98. The van der Waals surface area contributed by atoms with Crippen molar-refractivity contribution in [1.29, 1.82) is 0 Å². The Labute approximate surface area is 155 Å². The van der Waals surface area contributed by atoms with Crippen LogP contribution in [0.25, 0.3) is 0 Å². The molecule has 138 valence electrons. The minimum absolute atomic E-state index is 0.0722. The van der Waals surface area contributed by atoms with Crippen LogP contribution >= 0.6 is 0 Å². The SMILES string of the molecule is COc1cccc(CCNC(=O)c2cncc(N3CCCCCC3)c2)c1. The molecule has 1 aliphatic rings. The van der Waals surface area contributed by atoms with Gasteiger partial charge >= 0.3 is 0 Å². The van der Waals surface area contributed by atoms with E-state index in [1.54, 1.807) is 13.3 Å². The van der Waals surface area contributed by atoms with Crippen molar-refractivity contribution < 1.29 is 9.53 Å². The Morgan fingerprint density at radius 1 is 1.15 bits per heavy atom. The summed E-state index contributed by atoms with van der Waals surface area (Å²) < 4.78 is 5.23. The summed E-state index contributed by atoms with van der Waals surface area (Å²) in [5, 5.41) is 2.99. The van der Waals surface area contributed by atoms with Crippen LogP contribution in [-0.4, -0.2) is 37.6 Å². The molecule has 5 heteroatoms. The van der Waals surface area contributed by atoms with Gasteiger partial charge in [0.1, 0.15) is 5.75 Å². The molecule has 1 aromatic heterocycles. The summed E-state index contributed by atoms with van der Waals surface area (Å²) in [4.78, 5) is 19.1. The molecule has 0 aliphatic carbocycles. The standard InChI is InChI=1S/C21H27N3O2/c1-26-20-8-6-7-17(13-20)9-10-23-21(25)18-14-19(16-22-15-18)24-11-4-2-3-5-12-24/h6-8,13-16H,2-5,9-12H2,1H3,(H,23,25). The highest BCUT2D eigenvalue weighted by molar-refractivity contribution is 5.94. The van der Waals surface area contributed by atoms with E-state index < -0.39 is 0 Å². The molecule has 1 aliphatic heterocycles. The van der Waals surface area contributed by atoms with Gasteiger partial charge in [-0.25, -0.2) is 0 Å². The first kappa shape index (κ1) is 18.2. The van der Waals surface area contributed by atoms with Gasteiger partial charge in [0.15, 0.2) is 0 Å². The number of pyridine rings is 1. The molecule has 0 saturated carbocycles. The topological polar surface area (TPSA) is 54.5 Å². The van der Waals surface area contributed by atoms with Crippen molar-refractivity contribution in [3.05, 3.63) is 53.9 Å². The molecule has 1 fully saturated rings. The van der Waals surface area contributed by atoms with Gasteiger partial charge in [-0.05, 0) is 43.0 Å². The Morgan fingerprint density at radius 3 is 2.73 bits per heavy atom. The van der Waals surface area contributed by atoms with Crippen LogP contribution < -0.4 is 15.0 Å². The fourth-order valence-corrected chi connectivity index (χ4v) is 3.30. The lowest BCUT2D eigenvalue weighted by atomic mass is 10.1. The van der Waals surface area contributed by atoms with Gasteiger partial charge in [-0.2, -0.15) is 0 Å². The molecule has 2 heterocycles. The monoisotopic (exact) mass is 353 g/mol. The van der Waals surface area contributed by atoms with E-state index >= 15 is 0 Å². The summed E-state index contributed by atoms with van der Waals surface area (Å²) in [6.45, 7) is 2.67. The number of nitrogens with one attached hydrogen (secondary N) is 1. The first-order valence-corrected chi connectivity index (χ1v) is 9.37.